The molecule has 4 atom stereocenters. The molecular formula is C107H129FN20O9. The lowest BCUT2D eigenvalue weighted by atomic mass is 9.97. The highest BCUT2D eigenvalue weighted by molar-refractivity contribution is 6.01. The van der Waals surface area contributed by atoms with Gasteiger partial charge in [-0.1, -0.05) is 72.8 Å². The van der Waals surface area contributed by atoms with E-state index in [9.17, 15) is 23.6 Å². The Labute approximate surface area is 800 Å². The molecule has 137 heavy (non-hydrogen) atoms. The molecule has 8 aromatic heterocycles. The molecule has 20 heterocycles. The summed E-state index contributed by atoms with van der Waals surface area (Å²) in [6, 6.07) is 36.7. The van der Waals surface area contributed by atoms with Crippen LogP contribution in [0, 0.1) is 0 Å². The second-order valence-electron chi connectivity index (χ2n) is 39.6. The molecule has 12 aromatic rings. The molecule has 0 spiro atoms. The summed E-state index contributed by atoms with van der Waals surface area (Å²) in [5.41, 5.74) is 18.1. The van der Waals surface area contributed by atoms with Crippen molar-refractivity contribution in [3.05, 3.63) is 167 Å². The third-order valence-electron chi connectivity index (χ3n) is 31.2. The van der Waals surface area contributed by atoms with E-state index in [2.05, 4.69) is 144 Å². The number of carbonyl (C=O) groups excluding carboxylic acids is 4. The quantitative estimate of drug-likeness (QED) is 0.104. The lowest BCUT2D eigenvalue weighted by Crippen LogP contribution is -2.35. The van der Waals surface area contributed by atoms with E-state index < -0.39 is 6.17 Å². The van der Waals surface area contributed by atoms with Gasteiger partial charge in [0, 0.05) is 324 Å². The van der Waals surface area contributed by atoms with Crippen molar-refractivity contribution >= 4 is 90.0 Å². The van der Waals surface area contributed by atoms with Crippen molar-refractivity contribution in [2.24, 2.45) is 0 Å². The Morgan fingerprint density at radius 1 is 0.350 bits per heavy atom. The summed E-state index contributed by atoms with van der Waals surface area (Å²) in [6.45, 7) is 27.9. The number of rotatable bonds is 13. The number of ether oxygens (including phenoxy) is 5. The number of methoxy groups -OCH3 is 1. The van der Waals surface area contributed by atoms with E-state index >= 15 is 0 Å². The number of anilines is 4. The Morgan fingerprint density at radius 2 is 0.635 bits per heavy atom. The van der Waals surface area contributed by atoms with E-state index in [4.69, 9.17) is 64.0 Å². The number of amides is 4. The minimum Gasteiger partial charge on any atom is -0.381 e. The maximum atomic E-state index is 13.7. The molecule has 4 amide bonds. The van der Waals surface area contributed by atoms with Crippen LogP contribution >= 0.6 is 0 Å². The Balaban J connectivity index is 0.000000109. The van der Waals surface area contributed by atoms with E-state index in [1.807, 2.05) is 49.3 Å². The number of hydrogen-bond donors (Lipinski definition) is 0. The zero-order valence-electron chi connectivity index (χ0n) is 80.4. The van der Waals surface area contributed by atoms with Crippen LogP contribution in [0.3, 0.4) is 0 Å². The summed E-state index contributed by atoms with van der Waals surface area (Å²) < 4.78 is 50.7. The monoisotopic (exact) mass is 1860 g/mol. The fourth-order valence-corrected chi connectivity index (χ4v) is 23.4. The summed E-state index contributed by atoms with van der Waals surface area (Å²) >= 11 is 0. The number of aromatic nitrogens is 12. The average Bonchev–Trinajstić information content (AvgIpc) is 1.62. The second kappa shape index (κ2) is 39.9. The fraction of sp³-hybridized carbons (Fsp3) is 0.514. The molecule has 8 saturated heterocycles. The molecule has 0 radical (unpaired) electrons. The van der Waals surface area contributed by atoms with Crippen molar-refractivity contribution in [2.45, 2.75) is 232 Å². The highest BCUT2D eigenvalue weighted by atomic mass is 19.1. The highest BCUT2D eigenvalue weighted by Gasteiger charge is 2.39. The van der Waals surface area contributed by atoms with Gasteiger partial charge in [-0.3, -0.25) is 37.9 Å². The molecule has 4 aromatic carbocycles. The standard InChI is InChI=1S/C27H33N5O3.2C27H33N5O2.C26H30FN5O2/c1-18(33)30-11-7-25-24(17-30)27(29-32(25)20-8-12-35-13-9-20)22-5-3-4-19-14-26(28-15-23(19)22)31-10-6-21(16-31)34-2;2*1-18-5-4-11-31(18)26-15-20-6-3-7-22(23(20)16-28-26)27-24-17-30(19(2)33)12-8-25(24)32(29-27)21-9-13-34-14-10-21;1-17(33)30-10-6-24-23(16-30)26(29-32(24)20-7-11-34-12-8-20)21-4-2-3-18-13-25(28-14-22(18)21)31-9-5-19(27)15-31/h3-5,14-15,20-21H,6-13,16-17H2,1-2H3;2*3,6-7,15-16,18,21H,4-5,8-14,17H2,1-2H3;2-4,13-14,19-20H,5-12,15-16H2,1H3/t21-;2*18-;/m010./s1. The topological polar surface area (TPSA) is 263 Å². The molecule has 0 bridgehead atoms. The number of pyridine rings is 4. The molecule has 12 aliphatic rings. The van der Waals surface area contributed by atoms with Gasteiger partial charge in [0.2, 0.25) is 23.6 Å². The minimum atomic E-state index is -0.784. The number of nitrogens with zero attached hydrogens (tertiary/aromatic N) is 20. The van der Waals surface area contributed by atoms with E-state index in [1.165, 1.54) is 75.9 Å². The van der Waals surface area contributed by atoms with Crippen LogP contribution in [0.1, 0.15) is 201 Å². The van der Waals surface area contributed by atoms with E-state index in [0.717, 1.165) is 295 Å². The highest BCUT2D eigenvalue weighted by Crippen LogP contribution is 2.45. The van der Waals surface area contributed by atoms with Gasteiger partial charge >= 0.3 is 0 Å². The zero-order valence-corrected chi connectivity index (χ0v) is 80.4. The summed E-state index contributed by atoms with van der Waals surface area (Å²) in [6.07, 6.45) is 25.0. The second-order valence-corrected chi connectivity index (χ2v) is 39.6. The van der Waals surface area contributed by atoms with Crippen molar-refractivity contribution in [3.63, 3.8) is 0 Å². The van der Waals surface area contributed by atoms with Crippen molar-refractivity contribution in [1.29, 1.82) is 0 Å². The Morgan fingerprint density at radius 3 is 0.898 bits per heavy atom. The molecule has 29 nitrogen and oxygen atoms in total. The number of benzene rings is 4. The van der Waals surface area contributed by atoms with Crippen LogP contribution in [0.4, 0.5) is 27.7 Å². The number of carbonyl (C=O) groups is 4. The van der Waals surface area contributed by atoms with E-state index in [-0.39, 0.29) is 29.7 Å². The van der Waals surface area contributed by atoms with E-state index in [1.54, 1.807) is 34.8 Å². The van der Waals surface area contributed by atoms with Gasteiger partial charge in [0.15, 0.2) is 0 Å². The van der Waals surface area contributed by atoms with Gasteiger partial charge in [-0.2, -0.15) is 20.4 Å². The maximum Gasteiger partial charge on any atom is 0.219 e. The Bertz CT molecular complexity index is 6290. The Hall–Kier alpha value is -11.8. The number of halogens is 1. The molecule has 30 heteroatoms. The van der Waals surface area contributed by atoms with Crippen LogP contribution in [0.25, 0.3) is 88.1 Å². The van der Waals surface area contributed by atoms with Gasteiger partial charge < -0.3 is 62.9 Å². The largest absolute Gasteiger partial charge is 0.381 e. The first kappa shape index (κ1) is 91.6. The molecule has 0 aliphatic carbocycles. The van der Waals surface area contributed by atoms with Crippen molar-refractivity contribution < 1.29 is 47.3 Å². The van der Waals surface area contributed by atoms with Crippen molar-refractivity contribution in [3.8, 4) is 45.0 Å². The summed E-state index contributed by atoms with van der Waals surface area (Å²) in [5.74, 6) is 4.40. The summed E-state index contributed by atoms with van der Waals surface area (Å²) in [5, 5.41) is 29.8. The first-order chi connectivity index (χ1) is 66.9. The minimum absolute atomic E-state index is 0.0939. The predicted octanol–water partition coefficient (Wildman–Crippen LogP) is 16.2. The molecule has 24 rings (SSSR count). The smallest absolute Gasteiger partial charge is 0.219 e. The molecule has 12 aliphatic heterocycles. The van der Waals surface area contributed by atoms with E-state index in [0.29, 0.717) is 81.9 Å². The molecular weight excluding hydrogens is 1730 g/mol. The van der Waals surface area contributed by atoms with Gasteiger partial charge in [0.05, 0.1) is 59.6 Å². The molecule has 0 N–H and O–H groups in total. The fourth-order valence-electron chi connectivity index (χ4n) is 23.4. The van der Waals surface area contributed by atoms with Crippen LogP contribution in [-0.4, -0.2) is 252 Å². The average molecular weight is 1860 g/mol. The first-order valence-corrected chi connectivity index (χ1v) is 50.4. The number of fused-ring (bicyclic) bond motifs is 8. The van der Waals surface area contributed by atoms with Gasteiger partial charge in [-0.15, -0.1) is 0 Å². The normalized spacial score (nSPS) is 21.2. The van der Waals surface area contributed by atoms with Gasteiger partial charge in [-0.25, -0.2) is 24.3 Å². The van der Waals surface area contributed by atoms with Crippen LogP contribution in [0.15, 0.2) is 122 Å². The van der Waals surface area contributed by atoms with Crippen LogP contribution in [-0.2, 0) is 94.7 Å². The maximum absolute atomic E-state index is 13.7. The molecule has 718 valence electrons. The molecule has 8 fully saturated rings. The van der Waals surface area contributed by atoms with Gasteiger partial charge in [-0.05, 0) is 150 Å². The van der Waals surface area contributed by atoms with Crippen molar-refractivity contribution in [1.82, 2.24) is 78.7 Å². The third kappa shape index (κ3) is 18.5. The van der Waals surface area contributed by atoms with Crippen LogP contribution < -0.4 is 19.6 Å². The van der Waals surface area contributed by atoms with Crippen molar-refractivity contribution in [2.75, 3.05) is 145 Å². The number of alkyl halides is 1. The predicted molar refractivity (Wildman–Crippen MR) is 529 cm³/mol. The number of hydrogen-bond acceptors (Lipinski definition) is 21. The summed E-state index contributed by atoms with van der Waals surface area (Å²) in [4.78, 5) is 85.1. The first-order valence-electron chi connectivity index (χ1n) is 50.4. The summed E-state index contributed by atoms with van der Waals surface area (Å²) in [7, 11) is 1.78. The van der Waals surface area contributed by atoms with Gasteiger partial charge in [0.25, 0.3) is 0 Å². The third-order valence-corrected chi connectivity index (χ3v) is 31.2. The zero-order chi connectivity index (χ0) is 93.6. The molecule has 1 unspecified atom stereocenters. The van der Waals surface area contributed by atoms with Crippen LogP contribution in [0.5, 0.6) is 0 Å². The van der Waals surface area contributed by atoms with Crippen LogP contribution in [0.2, 0.25) is 0 Å². The lowest BCUT2D eigenvalue weighted by Gasteiger charge is -2.29. The SMILES string of the molecule is CC(=O)N1CCc2c(c(-c3cccc4cc(N5CCC(F)C5)ncc34)nn2C2CCOCC2)C1.CC(=O)N1CCc2c(c(-c3cccc4cc(N5CCC[C@@H]5C)ncc34)nn2C2CCOCC2)C1.CC(=O)N1CCc2c(c(-c3cccc4cc(N5CCC[C@H]5C)ncc34)nn2C2CCOCC2)C1.CO[C@H]1CCN(c2cc3cccc(-c4nn(C5CCOCC5)c5c4CN(C(C)=O)CC5)c3cn2)C1. The lowest BCUT2D eigenvalue weighted by molar-refractivity contribution is -0.130. The molecule has 0 saturated carbocycles. The van der Waals surface area contributed by atoms with Gasteiger partial charge in [0.1, 0.15) is 29.4 Å². The Kier molecular flexibility index (Phi) is 26.7.